The molecule has 18 heteroatoms. The van der Waals surface area contributed by atoms with Crippen LogP contribution in [0.15, 0.2) is 177 Å². The number of imidazole rings is 1. The van der Waals surface area contributed by atoms with E-state index in [-0.39, 0.29) is 0 Å². The summed E-state index contributed by atoms with van der Waals surface area (Å²) in [5.74, 6) is 0. The lowest BCUT2D eigenvalue weighted by molar-refractivity contribution is 0.416. The van der Waals surface area contributed by atoms with Crippen LogP contribution >= 0.6 is 34.2 Å². The van der Waals surface area contributed by atoms with Crippen molar-refractivity contribution >= 4 is 34.2 Å². The second kappa shape index (κ2) is 259. The Morgan fingerprint density at radius 2 is 0.802 bits per heavy atom. The lowest BCUT2D eigenvalue weighted by Crippen LogP contribution is -1.53. The minimum Gasteiger partial charge on any atom is -0.473 e. The zero-order valence-electron chi connectivity index (χ0n) is 59.6. The molecule has 81 heavy (non-hydrogen) atoms. The third kappa shape index (κ3) is 252. The Bertz CT molecular complexity index is 968. The Morgan fingerprint density at radius 3 is 0.914 bits per heavy atom. The van der Waals surface area contributed by atoms with Gasteiger partial charge in [-0.2, -0.15) is 20.8 Å². The maximum absolute atomic E-state index is 4.58. The van der Waals surface area contributed by atoms with E-state index in [0.717, 1.165) is 0 Å². The van der Waals surface area contributed by atoms with Crippen LogP contribution in [-0.2, 0) is 0 Å². The molecule has 0 aliphatic carbocycles. The van der Waals surface area contributed by atoms with Crippen LogP contribution in [0.2, 0.25) is 0 Å². The van der Waals surface area contributed by atoms with E-state index < -0.39 is 0 Å². The van der Waals surface area contributed by atoms with Crippen molar-refractivity contribution in [1.29, 1.82) is 0 Å². The van der Waals surface area contributed by atoms with Crippen LogP contribution in [0.4, 0.5) is 0 Å². The predicted molar refractivity (Wildman–Crippen MR) is 376 cm³/mol. The van der Waals surface area contributed by atoms with Gasteiger partial charge >= 0.3 is 0 Å². The second-order valence-corrected chi connectivity index (χ2v) is 8.60. The smallest absolute Gasteiger partial charge is 0.213 e. The predicted octanol–water partition coefficient (Wildman–Crippen LogP) is 25.2. The number of hydrogen-bond donors (Lipinski definition) is 3. The highest BCUT2D eigenvalue weighted by Crippen LogP contribution is 1.91. The first-order valence-corrected chi connectivity index (χ1v) is 33.0. The summed E-state index contributed by atoms with van der Waals surface area (Å²) in [6, 6.07) is 11.6. The number of H-pyrrole nitrogens is 3. The zero-order valence-corrected chi connectivity index (χ0v) is 62.0. The van der Waals surface area contributed by atoms with Crippen molar-refractivity contribution in [2.75, 3.05) is 0 Å². The highest BCUT2D eigenvalue weighted by molar-refractivity contribution is 7.07. The summed E-state index contributed by atoms with van der Waals surface area (Å²) in [5, 5.41) is 15.2. The Kier molecular flexibility index (Phi) is 404. The van der Waals surface area contributed by atoms with E-state index in [0.29, 0.717) is 0 Å². The van der Waals surface area contributed by atoms with Crippen LogP contribution < -0.4 is 0 Å². The minimum absolute atomic E-state index is 1.26. The van der Waals surface area contributed by atoms with Gasteiger partial charge in [0.05, 0.1) is 30.6 Å². The van der Waals surface area contributed by atoms with Crippen LogP contribution in [0, 0.1) is 0 Å². The molecular formula is C63H138N12O3S3. The molecule has 0 aliphatic heterocycles. The number of aromatic amines is 3. The molecule has 0 spiro atoms. The fourth-order valence-electron chi connectivity index (χ4n) is 1.74. The van der Waals surface area contributed by atoms with Gasteiger partial charge < -0.3 is 23.3 Å². The molecule has 0 unspecified atom stereocenters. The number of rotatable bonds is 0. The SMILES string of the molecule is CC.CC.CC.CC.CC.CC.CC.CC.CC.CC.CC.CC.CC.CC.CC.CC.CC.CC.c1c[nH]cn1.c1cc[nH]c1.c1ccoc1.c1ccsc1.c1cocn1.c1cscn1.c1nc[nH]n1.c1ncon1.c1ncsn1. The normalized spacial score (nSPS) is 5.78. The maximum atomic E-state index is 4.58. The van der Waals surface area contributed by atoms with Crippen molar-refractivity contribution < 1.29 is 13.4 Å². The average molecular weight is 1210 g/mol. The molecule has 0 amide bonds. The Hall–Kier alpha value is -5.85. The highest BCUT2D eigenvalue weighted by Gasteiger charge is 1.63. The monoisotopic (exact) mass is 1210 g/mol. The van der Waals surface area contributed by atoms with E-state index in [1.54, 1.807) is 77.3 Å². The molecule has 0 saturated carbocycles. The summed E-state index contributed by atoms with van der Waals surface area (Å²) in [5.41, 5.74) is 3.47. The second-order valence-electron chi connectivity index (χ2n) is 6.40. The lowest BCUT2D eigenvalue weighted by atomic mass is 10.7. The molecule has 0 aromatic carbocycles. The minimum atomic E-state index is 1.26. The van der Waals surface area contributed by atoms with Crippen LogP contribution in [0.1, 0.15) is 249 Å². The maximum Gasteiger partial charge on any atom is 0.213 e. The summed E-state index contributed by atoms with van der Waals surface area (Å²) in [7, 11) is 0. The first-order valence-electron chi connectivity index (χ1n) is 30.3. The molecular weight excluding hydrogens is 1070 g/mol. The number of nitrogens with zero attached hydrogens (tertiary/aromatic N) is 9. The summed E-state index contributed by atoms with van der Waals surface area (Å²) in [6.45, 7) is 72.0. The summed E-state index contributed by atoms with van der Waals surface area (Å²) in [4.78, 5) is 27.2. The van der Waals surface area contributed by atoms with E-state index in [4.69, 9.17) is 0 Å². The molecule has 9 rings (SSSR count). The van der Waals surface area contributed by atoms with Crippen LogP contribution in [0.25, 0.3) is 0 Å². The molecule has 3 N–H and O–H groups in total. The summed E-state index contributed by atoms with van der Waals surface area (Å²) in [6.07, 6.45) is 25.4. The lowest BCUT2D eigenvalue weighted by Gasteiger charge is -1.50. The van der Waals surface area contributed by atoms with Crippen molar-refractivity contribution in [2.24, 2.45) is 0 Å². The topological polar surface area (TPSA) is 203 Å². The zero-order chi connectivity index (χ0) is 67.8. The van der Waals surface area contributed by atoms with Crippen molar-refractivity contribution in [3.63, 3.8) is 0 Å². The van der Waals surface area contributed by atoms with Crippen molar-refractivity contribution in [3.05, 3.63) is 164 Å². The van der Waals surface area contributed by atoms with Gasteiger partial charge in [0.2, 0.25) is 6.39 Å². The molecule has 0 bridgehead atoms. The molecule has 9 aromatic rings. The van der Waals surface area contributed by atoms with E-state index in [2.05, 4.69) is 73.0 Å². The Labute approximate surface area is 517 Å². The van der Waals surface area contributed by atoms with Crippen molar-refractivity contribution in [2.45, 2.75) is 249 Å². The Balaban J connectivity index is -0.0000000323. The first kappa shape index (κ1) is 127. The molecule has 0 aliphatic rings. The molecule has 15 nitrogen and oxygen atoms in total. The highest BCUT2D eigenvalue weighted by atomic mass is 32.1. The number of thiazole rings is 1. The molecule has 0 atom stereocenters. The van der Waals surface area contributed by atoms with E-state index in [1.165, 1.54) is 55.9 Å². The number of aromatic nitrogens is 12. The third-order valence-electron chi connectivity index (χ3n) is 3.34. The van der Waals surface area contributed by atoms with Crippen molar-refractivity contribution in [3.8, 4) is 0 Å². The van der Waals surface area contributed by atoms with Gasteiger partial charge in [0.1, 0.15) is 30.8 Å². The van der Waals surface area contributed by atoms with Gasteiger partial charge in [-0.25, -0.2) is 24.9 Å². The van der Waals surface area contributed by atoms with Crippen LogP contribution in [-0.4, -0.2) is 59.6 Å². The van der Waals surface area contributed by atoms with Gasteiger partial charge in [-0.15, -0.1) is 11.3 Å². The van der Waals surface area contributed by atoms with Gasteiger partial charge in [0.15, 0.2) is 12.7 Å². The number of nitrogens with one attached hydrogen (secondary N) is 3. The van der Waals surface area contributed by atoms with Gasteiger partial charge in [0, 0.05) is 36.4 Å². The molecule has 0 saturated heterocycles. The Morgan fingerprint density at radius 1 is 0.321 bits per heavy atom. The van der Waals surface area contributed by atoms with Crippen molar-refractivity contribution in [1.82, 2.24) is 59.6 Å². The fourth-order valence-corrected chi connectivity index (χ4v) is 2.81. The summed E-state index contributed by atoms with van der Waals surface area (Å²) >= 11 is 4.67. The number of thiophene rings is 1. The van der Waals surface area contributed by atoms with Gasteiger partial charge in [-0.1, -0.05) is 267 Å². The molecule has 9 heterocycles. The van der Waals surface area contributed by atoms with Crippen LogP contribution in [0.5, 0.6) is 0 Å². The average Bonchev–Trinajstić information content (AvgIpc) is 4.45. The quantitative estimate of drug-likeness (QED) is 0.130. The third-order valence-corrected chi connectivity index (χ3v) is 4.93. The molecule has 0 fully saturated rings. The van der Waals surface area contributed by atoms with E-state index >= 15 is 0 Å². The number of hydrogen-bond acceptors (Lipinski definition) is 15. The standard InChI is InChI=1S/C4H5N.C4H4O.C4H4S.C3H4N2.C3H3NO.C3H3NS.C2H3N3.C2H2N2O.C2H2N2S.18C2H6/c3*1-2-4-5-3-1;3*1-2-5-3-4-1;3*1-3-2-5-4-1;18*1-2/h1-5H;2*1-4H;1-3H,(H,4,5);2*1-3H;1-2H,(H,3,4,5);2*1-2H;18*1-2H3. The van der Waals surface area contributed by atoms with Crippen LogP contribution in [0.3, 0.4) is 0 Å². The largest absolute Gasteiger partial charge is 0.473 e. The molecule has 9 aromatic heterocycles. The number of furan rings is 1. The number of oxazole rings is 1. The van der Waals surface area contributed by atoms with Gasteiger partial charge in [0.25, 0.3) is 0 Å². The molecule has 0 radical (unpaired) electrons. The summed E-state index contributed by atoms with van der Waals surface area (Å²) < 4.78 is 16.9. The van der Waals surface area contributed by atoms with E-state index in [1.807, 2.05) is 314 Å². The molecule has 486 valence electrons. The van der Waals surface area contributed by atoms with E-state index in [9.17, 15) is 0 Å². The van der Waals surface area contributed by atoms with Gasteiger partial charge in [-0.3, -0.25) is 10.1 Å². The first-order chi connectivity index (χ1) is 40.5. The fraction of sp³-hybridized carbons (Fsp3) is 0.571. The van der Waals surface area contributed by atoms with Gasteiger partial charge in [-0.05, 0) is 46.6 Å².